The smallest absolute Gasteiger partial charge is 0.0219 e. The molecular formula is C19H20. The van der Waals surface area contributed by atoms with Crippen LogP contribution in [0.3, 0.4) is 0 Å². The molecule has 0 fully saturated rings. The van der Waals surface area contributed by atoms with E-state index in [1.54, 1.807) is 0 Å². The Morgan fingerprint density at radius 1 is 0.789 bits per heavy atom. The van der Waals surface area contributed by atoms with E-state index in [9.17, 15) is 0 Å². The Hall–Kier alpha value is -2.08. The standard InChI is InChI=1S/C19H20/c1-16(2)19(15-18-11-7-4-8-12-18)14-13-17-9-5-3-6-10-17/h3-16H,1-2H3. The SMILES string of the molecule is CC(C)C(C=Cc1ccccc1)=Cc1ccccc1. The molecule has 0 nitrogen and oxygen atoms in total. The molecule has 0 saturated carbocycles. The van der Waals surface area contributed by atoms with Gasteiger partial charge in [-0.25, -0.2) is 0 Å². The van der Waals surface area contributed by atoms with Gasteiger partial charge in [-0.15, -0.1) is 0 Å². The maximum absolute atomic E-state index is 2.25. The van der Waals surface area contributed by atoms with Gasteiger partial charge in [0.2, 0.25) is 0 Å². The van der Waals surface area contributed by atoms with Gasteiger partial charge in [-0.1, -0.05) is 92.7 Å². The Bertz CT molecular complexity index is 545. The molecule has 0 heteroatoms. The van der Waals surface area contributed by atoms with Gasteiger partial charge < -0.3 is 0 Å². The summed E-state index contributed by atoms with van der Waals surface area (Å²) in [5.41, 5.74) is 3.83. The van der Waals surface area contributed by atoms with E-state index >= 15 is 0 Å². The van der Waals surface area contributed by atoms with Gasteiger partial charge in [0.25, 0.3) is 0 Å². The summed E-state index contributed by atoms with van der Waals surface area (Å²) in [4.78, 5) is 0. The highest BCUT2D eigenvalue weighted by atomic mass is 14.0. The highest BCUT2D eigenvalue weighted by Gasteiger charge is 1.99. The molecule has 0 aromatic heterocycles. The van der Waals surface area contributed by atoms with E-state index < -0.39 is 0 Å². The molecule has 2 aromatic carbocycles. The van der Waals surface area contributed by atoms with Crippen LogP contribution in [-0.4, -0.2) is 0 Å². The average molecular weight is 248 g/mol. The third-order valence-corrected chi connectivity index (χ3v) is 3.07. The minimum atomic E-state index is 0.514. The summed E-state index contributed by atoms with van der Waals surface area (Å²) in [7, 11) is 0. The molecule has 0 unspecified atom stereocenters. The van der Waals surface area contributed by atoms with Gasteiger partial charge in [0.15, 0.2) is 0 Å². The summed E-state index contributed by atoms with van der Waals surface area (Å²) in [6.45, 7) is 4.45. The van der Waals surface area contributed by atoms with Crippen molar-refractivity contribution < 1.29 is 0 Å². The van der Waals surface area contributed by atoms with E-state index in [1.165, 1.54) is 16.7 Å². The van der Waals surface area contributed by atoms with Crippen molar-refractivity contribution in [2.75, 3.05) is 0 Å². The minimum Gasteiger partial charge on any atom is -0.0622 e. The molecule has 2 rings (SSSR count). The fraction of sp³-hybridized carbons (Fsp3) is 0.158. The molecule has 0 aliphatic carbocycles. The molecule has 0 atom stereocenters. The second kappa shape index (κ2) is 6.75. The topological polar surface area (TPSA) is 0 Å². The zero-order valence-electron chi connectivity index (χ0n) is 11.6. The van der Waals surface area contributed by atoms with Crippen LogP contribution in [0, 0.1) is 5.92 Å². The summed E-state index contributed by atoms with van der Waals surface area (Å²) in [6, 6.07) is 20.9. The van der Waals surface area contributed by atoms with Crippen molar-refractivity contribution in [2.45, 2.75) is 13.8 Å². The first-order valence-corrected chi connectivity index (χ1v) is 6.75. The molecule has 0 heterocycles. The van der Waals surface area contributed by atoms with Crippen LogP contribution >= 0.6 is 0 Å². The maximum Gasteiger partial charge on any atom is -0.0219 e. The van der Waals surface area contributed by atoms with Gasteiger partial charge in [0.05, 0.1) is 0 Å². The Balaban J connectivity index is 2.22. The lowest BCUT2D eigenvalue weighted by Crippen LogP contribution is -1.90. The monoisotopic (exact) mass is 248 g/mol. The van der Waals surface area contributed by atoms with Gasteiger partial charge in [-0.05, 0) is 22.6 Å². The van der Waals surface area contributed by atoms with E-state index in [0.29, 0.717) is 5.92 Å². The molecule has 0 spiro atoms. The lowest BCUT2D eigenvalue weighted by atomic mass is 9.99. The van der Waals surface area contributed by atoms with Gasteiger partial charge in [0, 0.05) is 0 Å². The van der Waals surface area contributed by atoms with Crippen LogP contribution in [0.25, 0.3) is 12.2 Å². The van der Waals surface area contributed by atoms with Gasteiger partial charge in [-0.2, -0.15) is 0 Å². The summed E-state index contributed by atoms with van der Waals surface area (Å²) >= 11 is 0. The van der Waals surface area contributed by atoms with Crippen LogP contribution in [0.5, 0.6) is 0 Å². The molecule has 0 aliphatic rings. The number of benzene rings is 2. The Labute approximate surface area is 116 Å². The quantitative estimate of drug-likeness (QED) is 0.632. The second-order valence-corrected chi connectivity index (χ2v) is 4.95. The van der Waals surface area contributed by atoms with Gasteiger partial charge >= 0.3 is 0 Å². The van der Waals surface area contributed by atoms with Gasteiger partial charge in [-0.3, -0.25) is 0 Å². The van der Waals surface area contributed by atoms with Crippen LogP contribution in [0.1, 0.15) is 25.0 Å². The summed E-state index contributed by atoms with van der Waals surface area (Å²) in [5.74, 6) is 0.514. The molecule has 0 bridgehead atoms. The molecule has 0 aliphatic heterocycles. The van der Waals surface area contributed by atoms with Crippen LogP contribution in [0.15, 0.2) is 72.3 Å². The first kappa shape index (κ1) is 13.4. The van der Waals surface area contributed by atoms with Crippen molar-refractivity contribution in [1.29, 1.82) is 0 Å². The molecule has 0 radical (unpaired) electrons. The van der Waals surface area contributed by atoms with Crippen molar-refractivity contribution in [3.8, 4) is 0 Å². The molecule has 0 saturated heterocycles. The maximum atomic E-state index is 2.25. The Morgan fingerprint density at radius 3 is 1.84 bits per heavy atom. The normalized spacial score (nSPS) is 12.3. The van der Waals surface area contributed by atoms with Crippen molar-refractivity contribution in [3.05, 3.63) is 83.4 Å². The Kier molecular flexibility index (Phi) is 4.74. The first-order valence-electron chi connectivity index (χ1n) is 6.75. The van der Waals surface area contributed by atoms with E-state index in [-0.39, 0.29) is 0 Å². The molecule has 2 aromatic rings. The molecule has 96 valence electrons. The fourth-order valence-corrected chi connectivity index (χ4v) is 1.91. The van der Waals surface area contributed by atoms with Crippen LogP contribution < -0.4 is 0 Å². The lowest BCUT2D eigenvalue weighted by Gasteiger charge is -2.07. The molecule has 0 amide bonds. The zero-order valence-corrected chi connectivity index (χ0v) is 11.6. The predicted molar refractivity (Wildman–Crippen MR) is 84.7 cm³/mol. The Morgan fingerprint density at radius 2 is 1.32 bits per heavy atom. The van der Waals surface area contributed by atoms with E-state index in [4.69, 9.17) is 0 Å². The minimum absolute atomic E-state index is 0.514. The second-order valence-electron chi connectivity index (χ2n) is 4.95. The lowest BCUT2D eigenvalue weighted by molar-refractivity contribution is 0.798. The highest BCUT2D eigenvalue weighted by molar-refractivity contribution is 5.61. The number of hydrogen-bond acceptors (Lipinski definition) is 0. The van der Waals surface area contributed by atoms with Crippen molar-refractivity contribution >= 4 is 12.2 Å². The van der Waals surface area contributed by atoms with Crippen molar-refractivity contribution in [3.63, 3.8) is 0 Å². The molecule has 19 heavy (non-hydrogen) atoms. The van der Waals surface area contributed by atoms with Crippen LogP contribution in [0.4, 0.5) is 0 Å². The van der Waals surface area contributed by atoms with E-state index in [2.05, 4.69) is 80.6 Å². The van der Waals surface area contributed by atoms with Crippen molar-refractivity contribution in [1.82, 2.24) is 0 Å². The number of hydrogen-bond donors (Lipinski definition) is 0. The zero-order chi connectivity index (χ0) is 13.5. The van der Waals surface area contributed by atoms with Gasteiger partial charge in [0.1, 0.15) is 0 Å². The average Bonchev–Trinajstić information content (AvgIpc) is 2.45. The van der Waals surface area contributed by atoms with E-state index in [1.807, 2.05) is 12.1 Å². The molecule has 0 N–H and O–H groups in total. The number of allylic oxidation sites excluding steroid dienone is 2. The molecular weight excluding hydrogens is 228 g/mol. The third-order valence-electron chi connectivity index (χ3n) is 3.07. The van der Waals surface area contributed by atoms with E-state index in [0.717, 1.165) is 0 Å². The highest BCUT2D eigenvalue weighted by Crippen LogP contribution is 2.17. The largest absolute Gasteiger partial charge is 0.0622 e. The number of rotatable bonds is 4. The van der Waals surface area contributed by atoms with Crippen molar-refractivity contribution in [2.24, 2.45) is 5.92 Å². The summed E-state index contributed by atoms with van der Waals surface area (Å²) in [5, 5.41) is 0. The summed E-state index contributed by atoms with van der Waals surface area (Å²) < 4.78 is 0. The summed E-state index contributed by atoms with van der Waals surface area (Å²) in [6.07, 6.45) is 6.64. The van der Waals surface area contributed by atoms with Crippen LogP contribution in [0.2, 0.25) is 0 Å². The fourth-order valence-electron chi connectivity index (χ4n) is 1.91. The third kappa shape index (κ3) is 4.26. The predicted octanol–water partition coefficient (Wildman–Crippen LogP) is 5.44. The van der Waals surface area contributed by atoms with Crippen LogP contribution in [-0.2, 0) is 0 Å². The first-order chi connectivity index (χ1) is 9.25.